The minimum atomic E-state index is -0.310. The van der Waals surface area contributed by atoms with Crippen molar-refractivity contribution in [3.8, 4) is 5.75 Å². The second-order valence-corrected chi connectivity index (χ2v) is 7.55. The Morgan fingerprint density at radius 2 is 2.13 bits per heavy atom. The Balaban J connectivity index is 1.43. The van der Waals surface area contributed by atoms with E-state index in [0.29, 0.717) is 16.7 Å². The first-order chi connectivity index (χ1) is 14.4. The number of halogens is 1. The first kappa shape index (κ1) is 19.9. The maximum Gasteiger partial charge on any atom is 0.262 e. The summed E-state index contributed by atoms with van der Waals surface area (Å²) in [4.78, 5) is 28.2. The van der Waals surface area contributed by atoms with E-state index in [1.165, 1.54) is 6.33 Å². The van der Waals surface area contributed by atoms with Gasteiger partial charge in [-0.25, -0.2) is 4.68 Å². The van der Waals surface area contributed by atoms with E-state index in [-0.39, 0.29) is 30.9 Å². The van der Waals surface area contributed by atoms with Crippen molar-refractivity contribution < 1.29 is 14.3 Å². The van der Waals surface area contributed by atoms with Crippen molar-refractivity contribution in [3.05, 3.63) is 64.4 Å². The minimum Gasteiger partial charge on any atom is -0.482 e. The second kappa shape index (κ2) is 8.16. The number of nitrogens with one attached hydrogen (secondary N) is 2. The highest BCUT2D eigenvalue weighted by atomic mass is 35.5. The molecule has 0 bridgehead atoms. The zero-order valence-electron chi connectivity index (χ0n) is 16.5. The highest BCUT2D eigenvalue weighted by Crippen LogP contribution is 2.33. The molecule has 30 heavy (non-hydrogen) atoms. The smallest absolute Gasteiger partial charge is 0.262 e. The average molecular weight is 426 g/mol. The third-order valence-electron chi connectivity index (χ3n) is 4.85. The van der Waals surface area contributed by atoms with Gasteiger partial charge in [0.15, 0.2) is 6.61 Å². The zero-order valence-corrected chi connectivity index (χ0v) is 17.2. The van der Waals surface area contributed by atoms with Gasteiger partial charge in [0.25, 0.3) is 5.91 Å². The van der Waals surface area contributed by atoms with Crippen LogP contribution < -0.4 is 15.4 Å². The van der Waals surface area contributed by atoms with Gasteiger partial charge in [0.05, 0.1) is 17.5 Å². The number of benzene rings is 2. The summed E-state index contributed by atoms with van der Waals surface area (Å²) in [6.07, 6.45) is 1.62. The Hall–Kier alpha value is -3.39. The molecule has 0 unspecified atom stereocenters. The van der Waals surface area contributed by atoms with E-state index in [4.69, 9.17) is 16.3 Å². The number of ether oxygens (including phenoxy) is 1. The van der Waals surface area contributed by atoms with Crippen LogP contribution in [0.25, 0.3) is 0 Å². The van der Waals surface area contributed by atoms with Crippen molar-refractivity contribution in [2.75, 3.05) is 17.2 Å². The zero-order chi connectivity index (χ0) is 21.3. The van der Waals surface area contributed by atoms with E-state index in [1.807, 2.05) is 32.0 Å². The van der Waals surface area contributed by atoms with E-state index in [9.17, 15) is 9.59 Å². The van der Waals surface area contributed by atoms with Gasteiger partial charge in [-0.3, -0.25) is 14.9 Å². The third kappa shape index (κ3) is 4.13. The number of amides is 2. The SMILES string of the molecule is Cc1ccc(NC(=O)COc2ccc([C@H]3CC(=O)Nc4ncnn43)cc2Cl)c(C)c1. The molecule has 0 spiro atoms. The highest BCUT2D eigenvalue weighted by molar-refractivity contribution is 6.32. The van der Waals surface area contributed by atoms with Gasteiger partial charge in [-0.2, -0.15) is 10.1 Å². The number of hydrogen-bond acceptors (Lipinski definition) is 5. The fourth-order valence-electron chi connectivity index (χ4n) is 3.39. The van der Waals surface area contributed by atoms with Crippen LogP contribution in [0, 0.1) is 13.8 Å². The lowest BCUT2D eigenvalue weighted by Gasteiger charge is -2.24. The molecular weight excluding hydrogens is 406 g/mol. The lowest BCUT2D eigenvalue weighted by atomic mass is 10.0. The van der Waals surface area contributed by atoms with Crippen molar-refractivity contribution in [2.24, 2.45) is 0 Å². The standard InChI is InChI=1S/C21H20ClN5O3/c1-12-3-5-16(13(2)7-12)25-20(29)10-30-18-6-4-14(8-15(18)22)17-9-19(28)26-21-23-11-24-27(17)21/h3-8,11,17H,9-10H2,1-2H3,(H,25,29)(H,23,24,26,28)/t17-/m1/s1. The predicted octanol–water partition coefficient (Wildman–Crippen LogP) is 3.50. The van der Waals surface area contributed by atoms with Crippen molar-refractivity contribution in [1.29, 1.82) is 0 Å². The van der Waals surface area contributed by atoms with Crippen LogP contribution in [0.3, 0.4) is 0 Å². The molecule has 1 atom stereocenters. The molecule has 2 aromatic carbocycles. The number of fused-ring (bicyclic) bond motifs is 1. The van der Waals surface area contributed by atoms with Crippen molar-refractivity contribution >= 4 is 35.1 Å². The van der Waals surface area contributed by atoms with Gasteiger partial charge >= 0.3 is 0 Å². The molecule has 154 valence electrons. The number of aromatic nitrogens is 3. The van der Waals surface area contributed by atoms with Crippen molar-refractivity contribution in [3.63, 3.8) is 0 Å². The van der Waals surface area contributed by atoms with Crippen LogP contribution in [-0.4, -0.2) is 33.2 Å². The molecule has 2 N–H and O–H groups in total. The maximum absolute atomic E-state index is 12.3. The molecule has 1 aliphatic rings. The van der Waals surface area contributed by atoms with Crippen molar-refractivity contribution in [2.45, 2.75) is 26.3 Å². The van der Waals surface area contributed by atoms with E-state index in [1.54, 1.807) is 22.9 Å². The molecule has 2 amide bonds. The monoisotopic (exact) mass is 425 g/mol. The van der Waals surface area contributed by atoms with Gasteiger partial charge in [-0.15, -0.1) is 0 Å². The van der Waals surface area contributed by atoms with Crippen LogP contribution in [-0.2, 0) is 9.59 Å². The second-order valence-electron chi connectivity index (χ2n) is 7.14. The molecule has 1 aliphatic heterocycles. The number of carbonyl (C=O) groups excluding carboxylic acids is 2. The van der Waals surface area contributed by atoms with Crippen LogP contribution in [0.2, 0.25) is 5.02 Å². The summed E-state index contributed by atoms with van der Waals surface area (Å²) < 4.78 is 7.24. The fourth-order valence-corrected chi connectivity index (χ4v) is 3.63. The fraction of sp³-hybridized carbons (Fsp3) is 0.238. The summed E-state index contributed by atoms with van der Waals surface area (Å²) in [5.41, 5.74) is 3.65. The Morgan fingerprint density at radius 1 is 1.30 bits per heavy atom. The minimum absolute atomic E-state index is 0.139. The van der Waals surface area contributed by atoms with Gasteiger partial charge in [-0.1, -0.05) is 35.4 Å². The molecule has 2 heterocycles. The molecule has 0 radical (unpaired) electrons. The average Bonchev–Trinajstić information content (AvgIpc) is 3.17. The molecule has 8 nitrogen and oxygen atoms in total. The van der Waals surface area contributed by atoms with Crippen LogP contribution in [0.5, 0.6) is 5.75 Å². The Bertz CT molecular complexity index is 1130. The Morgan fingerprint density at radius 3 is 2.90 bits per heavy atom. The molecule has 4 rings (SSSR count). The first-order valence-electron chi connectivity index (χ1n) is 9.39. The summed E-state index contributed by atoms with van der Waals surface area (Å²) in [7, 11) is 0. The van der Waals surface area contributed by atoms with Gasteiger partial charge in [0.2, 0.25) is 11.9 Å². The number of hydrogen-bond donors (Lipinski definition) is 2. The normalized spacial score (nSPS) is 15.3. The number of rotatable bonds is 5. The molecular formula is C21H20ClN5O3. The lowest BCUT2D eigenvalue weighted by Crippen LogP contribution is -2.29. The van der Waals surface area contributed by atoms with Gasteiger partial charge in [-0.05, 0) is 43.2 Å². The summed E-state index contributed by atoms with van der Waals surface area (Å²) >= 11 is 6.37. The van der Waals surface area contributed by atoms with Crippen LogP contribution >= 0.6 is 11.6 Å². The molecule has 0 saturated carbocycles. The van der Waals surface area contributed by atoms with Crippen LogP contribution in [0.15, 0.2) is 42.7 Å². The molecule has 9 heteroatoms. The summed E-state index contributed by atoms with van der Waals surface area (Å²) in [5.74, 6) is 0.365. The lowest BCUT2D eigenvalue weighted by molar-refractivity contribution is -0.118. The topological polar surface area (TPSA) is 98.1 Å². The van der Waals surface area contributed by atoms with E-state index >= 15 is 0 Å². The van der Waals surface area contributed by atoms with Crippen LogP contribution in [0.4, 0.5) is 11.6 Å². The van der Waals surface area contributed by atoms with Gasteiger partial charge < -0.3 is 10.1 Å². The third-order valence-corrected chi connectivity index (χ3v) is 5.15. The van der Waals surface area contributed by atoms with E-state index in [2.05, 4.69) is 20.7 Å². The molecule has 3 aromatic rings. The summed E-state index contributed by atoms with van der Waals surface area (Å²) in [5, 5.41) is 10.0. The first-order valence-corrected chi connectivity index (χ1v) is 9.77. The van der Waals surface area contributed by atoms with Gasteiger partial charge in [0.1, 0.15) is 12.1 Å². The van der Waals surface area contributed by atoms with E-state index in [0.717, 1.165) is 22.4 Å². The maximum atomic E-state index is 12.3. The number of anilines is 2. The predicted molar refractivity (Wildman–Crippen MR) is 113 cm³/mol. The van der Waals surface area contributed by atoms with Gasteiger partial charge in [0, 0.05) is 5.69 Å². The largest absolute Gasteiger partial charge is 0.482 e. The molecule has 1 aromatic heterocycles. The molecule has 0 fully saturated rings. The Kier molecular flexibility index (Phi) is 5.41. The summed E-state index contributed by atoms with van der Waals surface area (Å²) in [6.45, 7) is 3.76. The quantitative estimate of drug-likeness (QED) is 0.652. The van der Waals surface area contributed by atoms with Crippen molar-refractivity contribution in [1.82, 2.24) is 14.8 Å². The number of nitrogens with zero attached hydrogens (tertiary/aromatic N) is 3. The Labute approximate surface area is 178 Å². The van der Waals surface area contributed by atoms with E-state index < -0.39 is 0 Å². The molecule has 0 saturated heterocycles. The molecule has 0 aliphatic carbocycles. The van der Waals surface area contributed by atoms with Crippen LogP contribution in [0.1, 0.15) is 29.2 Å². The highest BCUT2D eigenvalue weighted by Gasteiger charge is 2.28. The number of carbonyl (C=O) groups is 2. The summed E-state index contributed by atoms with van der Waals surface area (Å²) in [6, 6.07) is 10.7. The number of aryl methyl sites for hydroxylation is 2.